The molecule has 1 atom stereocenters. The van der Waals surface area contributed by atoms with E-state index in [2.05, 4.69) is 5.32 Å². The fourth-order valence-electron chi connectivity index (χ4n) is 2.86. The molecule has 18 heavy (non-hydrogen) atoms. The maximum absolute atomic E-state index is 12.5. The predicted molar refractivity (Wildman–Crippen MR) is 69.8 cm³/mol. The molecule has 2 heterocycles. The molecule has 0 bridgehead atoms. The normalized spacial score (nSPS) is 25.2. The largest absolute Gasteiger partial charge is 0.497 e. The summed E-state index contributed by atoms with van der Waals surface area (Å²) in [6.07, 6.45) is 4.66. The molecular weight excluding hydrogens is 228 g/mol. The third-order valence-corrected chi connectivity index (χ3v) is 3.88. The van der Waals surface area contributed by atoms with Gasteiger partial charge in [-0.25, -0.2) is 0 Å². The fraction of sp³-hybridized carbons (Fsp3) is 0.357. The van der Waals surface area contributed by atoms with E-state index < -0.39 is 5.41 Å². The van der Waals surface area contributed by atoms with Gasteiger partial charge in [-0.15, -0.1) is 0 Å². The Morgan fingerprint density at radius 1 is 1.44 bits per heavy atom. The van der Waals surface area contributed by atoms with E-state index in [-0.39, 0.29) is 5.91 Å². The highest BCUT2D eigenvalue weighted by Crippen LogP contribution is 2.46. The van der Waals surface area contributed by atoms with Crippen molar-refractivity contribution in [1.82, 2.24) is 5.32 Å². The van der Waals surface area contributed by atoms with Crippen LogP contribution in [0.15, 0.2) is 30.5 Å². The highest BCUT2D eigenvalue weighted by atomic mass is 16.5. The monoisotopic (exact) mass is 244 g/mol. The molecule has 4 nitrogen and oxygen atoms in total. The maximum Gasteiger partial charge on any atom is 0.241 e. The van der Waals surface area contributed by atoms with Crippen molar-refractivity contribution in [2.24, 2.45) is 0 Å². The molecule has 0 aliphatic carbocycles. The van der Waals surface area contributed by atoms with Crippen LogP contribution in [0.2, 0.25) is 0 Å². The molecule has 4 heteroatoms. The number of carbonyl (C=O) groups is 1. The lowest BCUT2D eigenvalue weighted by atomic mass is 9.77. The molecule has 1 aromatic carbocycles. The molecule has 94 valence electrons. The van der Waals surface area contributed by atoms with Gasteiger partial charge in [0.1, 0.15) is 5.75 Å². The molecule has 0 saturated heterocycles. The smallest absolute Gasteiger partial charge is 0.241 e. The molecule has 0 aromatic heterocycles. The van der Waals surface area contributed by atoms with Gasteiger partial charge in [0.2, 0.25) is 5.91 Å². The Morgan fingerprint density at radius 2 is 2.28 bits per heavy atom. The van der Waals surface area contributed by atoms with Crippen LogP contribution in [0.5, 0.6) is 5.75 Å². The van der Waals surface area contributed by atoms with Crippen LogP contribution in [0.1, 0.15) is 12.0 Å². The molecule has 3 rings (SSSR count). The Labute approximate surface area is 106 Å². The first-order valence-electron chi connectivity index (χ1n) is 6.07. The van der Waals surface area contributed by atoms with Crippen molar-refractivity contribution in [1.29, 1.82) is 0 Å². The maximum atomic E-state index is 12.5. The summed E-state index contributed by atoms with van der Waals surface area (Å²) in [5.74, 6) is 0.923. The topological polar surface area (TPSA) is 41.6 Å². The van der Waals surface area contributed by atoms with Crippen LogP contribution >= 0.6 is 0 Å². The van der Waals surface area contributed by atoms with Crippen molar-refractivity contribution in [3.05, 3.63) is 36.0 Å². The van der Waals surface area contributed by atoms with Gasteiger partial charge in [-0.3, -0.25) is 4.79 Å². The molecule has 1 unspecified atom stereocenters. The quantitative estimate of drug-likeness (QED) is 0.812. The molecule has 2 aliphatic rings. The first kappa shape index (κ1) is 11.1. The average Bonchev–Trinajstić information content (AvgIpc) is 2.63. The summed E-state index contributed by atoms with van der Waals surface area (Å²) < 4.78 is 5.23. The van der Waals surface area contributed by atoms with E-state index in [1.165, 1.54) is 0 Å². The molecule has 2 aliphatic heterocycles. The number of fused-ring (bicyclic) bond motifs is 2. The SMILES string of the molecule is COc1ccc2c(c1)N(C)C(=O)C21C=CNCC1. The van der Waals surface area contributed by atoms with E-state index in [1.807, 2.05) is 37.5 Å². The van der Waals surface area contributed by atoms with Gasteiger partial charge in [0.05, 0.1) is 18.2 Å². The third-order valence-electron chi connectivity index (χ3n) is 3.88. The molecule has 0 fully saturated rings. The summed E-state index contributed by atoms with van der Waals surface area (Å²) in [5, 5.41) is 3.15. The van der Waals surface area contributed by atoms with Crippen molar-refractivity contribution < 1.29 is 9.53 Å². The van der Waals surface area contributed by atoms with Crippen LogP contribution in [0.4, 0.5) is 5.69 Å². The molecule has 1 N–H and O–H groups in total. The number of methoxy groups -OCH3 is 1. The van der Waals surface area contributed by atoms with Crippen molar-refractivity contribution in [3.63, 3.8) is 0 Å². The van der Waals surface area contributed by atoms with Gasteiger partial charge in [0.15, 0.2) is 0 Å². The number of carbonyl (C=O) groups excluding carboxylic acids is 1. The summed E-state index contributed by atoms with van der Waals surface area (Å²) in [6, 6.07) is 5.85. The van der Waals surface area contributed by atoms with E-state index in [1.54, 1.807) is 12.0 Å². The van der Waals surface area contributed by atoms with Gasteiger partial charge in [-0.2, -0.15) is 0 Å². The van der Waals surface area contributed by atoms with E-state index in [0.717, 1.165) is 30.0 Å². The lowest BCUT2D eigenvalue weighted by Gasteiger charge is -2.27. The van der Waals surface area contributed by atoms with Gasteiger partial charge in [-0.05, 0) is 30.3 Å². The number of benzene rings is 1. The van der Waals surface area contributed by atoms with E-state index >= 15 is 0 Å². The molecule has 1 amide bonds. The lowest BCUT2D eigenvalue weighted by molar-refractivity contribution is -0.121. The number of hydrogen-bond donors (Lipinski definition) is 1. The fourth-order valence-corrected chi connectivity index (χ4v) is 2.86. The first-order chi connectivity index (χ1) is 8.69. The Hall–Kier alpha value is -1.97. The van der Waals surface area contributed by atoms with Gasteiger partial charge in [-0.1, -0.05) is 6.07 Å². The second kappa shape index (κ2) is 3.77. The summed E-state index contributed by atoms with van der Waals surface area (Å²) in [7, 11) is 3.46. The van der Waals surface area contributed by atoms with Crippen LogP contribution in [0.3, 0.4) is 0 Å². The Balaban J connectivity index is 2.19. The Morgan fingerprint density at radius 3 is 2.94 bits per heavy atom. The van der Waals surface area contributed by atoms with Crippen LogP contribution in [0.25, 0.3) is 0 Å². The van der Waals surface area contributed by atoms with E-state index in [0.29, 0.717) is 0 Å². The Bertz CT molecular complexity index is 539. The number of likely N-dealkylation sites (N-methyl/N-ethyl adjacent to an activating group) is 1. The number of nitrogens with zero attached hydrogens (tertiary/aromatic N) is 1. The number of rotatable bonds is 1. The molecule has 0 radical (unpaired) electrons. The van der Waals surface area contributed by atoms with E-state index in [9.17, 15) is 4.79 Å². The summed E-state index contributed by atoms with van der Waals surface area (Å²) >= 11 is 0. The average molecular weight is 244 g/mol. The first-order valence-corrected chi connectivity index (χ1v) is 6.07. The summed E-state index contributed by atoms with van der Waals surface area (Å²) in [5.41, 5.74) is 1.54. The molecule has 1 aromatic rings. The van der Waals surface area contributed by atoms with Crippen molar-refractivity contribution >= 4 is 11.6 Å². The second-order valence-electron chi connectivity index (χ2n) is 4.76. The van der Waals surface area contributed by atoms with Crippen LogP contribution < -0.4 is 15.0 Å². The zero-order valence-electron chi connectivity index (χ0n) is 10.6. The van der Waals surface area contributed by atoms with Crippen molar-refractivity contribution in [3.8, 4) is 5.75 Å². The van der Waals surface area contributed by atoms with Gasteiger partial charge < -0.3 is 15.0 Å². The zero-order chi connectivity index (χ0) is 12.8. The Kier molecular flexibility index (Phi) is 2.33. The number of ether oxygens (including phenoxy) is 1. The predicted octanol–water partition coefficient (Wildman–Crippen LogP) is 1.42. The van der Waals surface area contributed by atoms with E-state index in [4.69, 9.17) is 4.74 Å². The van der Waals surface area contributed by atoms with Gasteiger partial charge in [0, 0.05) is 19.7 Å². The number of hydrogen-bond acceptors (Lipinski definition) is 3. The summed E-state index contributed by atoms with van der Waals surface area (Å²) in [4.78, 5) is 14.3. The third kappa shape index (κ3) is 1.29. The standard InChI is InChI=1S/C14H16N2O2/c1-16-12-9-10(18-2)3-4-11(12)14(13(16)17)5-7-15-8-6-14/h3-5,7,9,15H,6,8H2,1-2H3. The molecular formula is C14H16N2O2. The van der Waals surface area contributed by atoms with Gasteiger partial charge >= 0.3 is 0 Å². The number of amides is 1. The minimum Gasteiger partial charge on any atom is -0.497 e. The molecule has 0 saturated carbocycles. The zero-order valence-corrected chi connectivity index (χ0v) is 10.6. The van der Waals surface area contributed by atoms with Crippen molar-refractivity contribution in [2.75, 3.05) is 25.6 Å². The second-order valence-corrected chi connectivity index (χ2v) is 4.76. The molecule has 1 spiro atoms. The van der Waals surface area contributed by atoms with Crippen LogP contribution in [-0.2, 0) is 10.2 Å². The highest BCUT2D eigenvalue weighted by Gasteiger charge is 2.48. The van der Waals surface area contributed by atoms with Crippen LogP contribution in [0, 0.1) is 0 Å². The minimum absolute atomic E-state index is 0.142. The van der Waals surface area contributed by atoms with Crippen molar-refractivity contribution in [2.45, 2.75) is 11.8 Å². The summed E-state index contributed by atoms with van der Waals surface area (Å²) in [6.45, 7) is 0.821. The number of anilines is 1. The number of nitrogens with one attached hydrogen (secondary N) is 1. The minimum atomic E-state index is -0.485. The lowest BCUT2D eigenvalue weighted by Crippen LogP contribution is -2.41. The van der Waals surface area contributed by atoms with Crippen LogP contribution in [-0.4, -0.2) is 26.6 Å². The highest BCUT2D eigenvalue weighted by molar-refractivity contribution is 6.09. The van der Waals surface area contributed by atoms with Gasteiger partial charge in [0.25, 0.3) is 0 Å².